The molecule has 0 unspecified atom stereocenters. The predicted octanol–water partition coefficient (Wildman–Crippen LogP) is 1.38. The number of nitrogens with zero attached hydrogens (tertiary/aromatic N) is 3. The predicted molar refractivity (Wildman–Crippen MR) is 74.3 cm³/mol. The SMILES string of the molecule is CC=CC(=O)N1CCC(N2CC(=O)N(CC(F)(F)F)C2=O)CC1. The molecule has 2 rings (SSSR count). The van der Waals surface area contributed by atoms with E-state index in [1.807, 2.05) is 0 Å². The molecule has 0 aromatic rings. The Morgan fingerprint density at radius 3 is 2.39 bits per heavy atom. The normalized spacial score (nSPS) is 21.0. The van der Waals surface area contributed by atoms with E-state index in [-0.39, 0.29) is 23.4 Å². The molecule has 0 bridgehead atoms. The lowest BCUT2D eigenvalue weighted by molar-refractivity contribution is -0.151. The van der Waals surface area contributed by atoms with Crippen LogP contribution in [0.4, 0.5) is 18.0 Å². The van der Waals surface area contributed by atoms with Crippen molar-refractivity contribution in [3.05, 3.63) is 12.2 Å². The van der Waals surface area contributed by atoms with Gasteiger partial charge in [-0.15, -0.1) is 0 Å². The Labute approximate surface area is 131 Å². The minimum atomic E-state index is -4.61. The van der Waals surface area contributed by atoms with Crippen molar-refractivity contribution in [2.24, 2.45) is 0 Å². The van der Waals surface area contributed by atoms with Crippen LogP contribution in [0.25, 0.3) is 0 Å². The van der Waals surface area contributed by atoms with E-state index < -0.39 is 24.7 Å². The van der Waals surface area contributed by atoms with Crippen molar-refractivity contribution in [3.63, 3.8) is 0 Å². The van der Waals surface area contributed by atoms with Crippen molar-refractivity contribution >= 4 is 17.8 Å². The second-order valence-corrected chi connectivity index (χ2v) is 5.56. The van der Waals surface area contributed by atoms with Gasteiger partial charge in [0.1, 0.15) is 13.1 Å². The Kier molecular flexibility index (Phi) is 4.96. The number of amides is 4. The average Bonchev–Trinajstić information content (AvgIpc) is 2.74. The van der Waals surface area contributed by atoms with Crippen molar-refractivity contribution < 1.29 is 27.6 Å². The van der Waals surface area contributed by atoms with Crippen LogP contribution in [-0.4, -0.2) is 70.9 Å². The molecule has 0 saturated carbocycles. The van der Waals surface area contributed by atoms with Crippen LogP contribution in [0.15, 0.2) is 12.2 Å². The summed E-state index contributed by atoms with van der Waals surface area (Å²) in [5.41, 5.74) is 0. The summed E-state index contributed by atoms with van der Waals surface area (Å²) in [7, 11) is 0. The molecule has 4 amide bonds. The van der Waals surface area contributed by atoms with Crippen LogP contribution in [-0.2, 0) is 9.59 Å². The van der Waals surface area contributed by atoms with Gasteiger partial charge in [-0.3, -0.25) is 14.5 Å². The van der Waals surface area contributed by atoms with Gasteiger partial charge in [-0.1, -0.05) is 6.08 Å². The summed E-state index contributed by atoms with van der Waals surface area (Å²) in [4.78, 5) is 38.5. The van der Waals surface area contributed by atoms with Crippen molar-refractivity contribution in [1.29, 1.82) is 0 Å². The summed E-state index contributed by atoms with van der Waals surface area (Å²) in [5, 5.41) is 0. The third-order valence-corrected chi connectivity index (χ3v) is 3.95. The van der Waals surface area contributed by atoms with Gasteiger partial charge in [0.25, 0.3) is 5.91 Å². The van der Waals surface area contributed by atoms with Crippen molar-refractivity contribution in [1.82, 2.24) is 14.7 Å². The van der Waals surface area contributed by atoms with Gasteiger partial charge in [0.05, 0.1) is 0 Å². The summed E-state index contributed by atoms with van der Waals surface area (Å²) >= 11 is 0. The van der Waals surface area contributed by atoms with Gasteiger partial charge < -0.3 is 9.80 Å². The van der Waals surface area contributed by atoms with Crippen LogP contribution in [0, 0.1) is 0 Å². The number of hydrogen-bond donors (Lipinski definition) is 0. The highest BCUT2D eigenvalue weighted by atomic mass is 19.4. The number of likely N-dealkylation sites (tertiary alicyclic amines) is 1. The minimum absolute atomic E-state index is 0.131. The minimum Gasteiger partial charge on any atom is -0.339 e. The smallest absolute Gasteiger partial charge is 0.339 e. The van der Waals surface area contributed by atoms with Gasteiger partial charge in [0.2, 0.25) is 5.91 Å². The zero-order valence-corrected chi connectivity index (χ0v) is 12.7. The van der Waals surface area contributed by atoms with Gasteiger partial charge in [0, 0.05) is 19.1 Å². The Bertz CT molecular complexity index is 525. The lowest BCUT2D eigenvalue weighted by Crippen LogP contribution is -2.48. The molecule has 2 fully saturated rings. The highest BCUT2D eigenvalue weighted by Crippen LogP contribution is 2.25. The second-order valence-electron chi connectivity index (χ2n) is 5.56. The summed E-state index contributed by atoms with van der Waals surface area (Å²) in [6.07, 6.45) is -0.643. The van der Waals surface area contributed by atoms with Gasteiger partial charge >= 0.3 is 12.2 Å². The van der Waals surface area contributed by atoms with Crippen LogP contribution in [0.5, 0.6) is 0 Å². The molecule has 9 heteroatoms. The number of carbonyl (C=O) groups is 3. The maximum Gasteiger partial charge on any atom is 0.406 e. The van der Waals surface area contributed by atoms with E-state index >= 15 is 0 Å². The Morgan fingerprint density at radius 1 is 1.26 bits per heavy atom. The topological polar surface area (TPSA) is 60.9 Å². The molecule has 2 saturated heterocycles. The standard InChI is InChI=1S/C14H18F3N3O3/c1-2-3-11(21)18-6-4-10(5-7-18)19-8-12(22)20(13(19)23)9-14(15,16)17/h2-3,10H,4-9H2,1H3. The van der Waals surface area contributed by atoms with Crippen LogP contribution < -0.4 is 0 Å². The fraction of sp³-hybridized carbons (Fsp3) is 0.643. The molecule has 0 atom stereocenters. The van der Waals surface area contributed by atoms with Crippen LogP contribution in [0.1, 0.15) is 19.8 Å². The number of allylic oxidation sites excluding steroid dienone is 1. The monoisotopic (exact) mass is 333 g/mol. The molecule has 0 spiro atoms. The van der Waals surface area contributed by atoms with E-state index in [9.17, 15) is 27.6 Å². The van der Waals surface area contributed by atoms with Crippen molar-refractivity contribution in [2.75, 3.05) is 26.2 Å². The molecule has 128 valence electrons. The van der Waals surface area contributed by atoms with Crippen LogP contribution in [0.3, 0.4) is 0 Å². The number of hydrogen-bond acceptors (Lipinski definition) is 3. The summed E-state index contributed by atoms with van der Waals surface area (Å²) in [5.74, 6) is -0.965. The third-order valence-electron chi connectivity index (χ3n) is 3.95. The number of imide groups is 1. The quantitative estimate of drug-likeness (QED) is 0.579. The molecule has 0 aromatic heterocycles. The van der Waals surface area contributed by atoms with E-state index in [2.05, 4.69) is 0 Å². The first-order valence-corrected chi connectivity index (χ1v) is 7.32. The highest BCUT2D eigenvalue weighted by molar-refractivity contribution is 6.02. The molecule has 0 radical (unpaired) electrons. The lowest BCUT2D eigenvalue weighted by atomic mass is 10.0. The molecular formula is C14H18F3N3O3. The third kappa shape index (κ3) is 4.02. The fourth-order valence-electron chi connectivity index (χ4n) is 2.83. The van der Waals surface area contributed by atoms with E-state index in [4.69, 9.17) is 0 Å². The fourth-order valence-corrected chi connectivity index (χ4v) is 2.83. The molecule has 23 heavy (non-hydrogen) atoms. The van der Waals surface area contributed by atoms with Crippen molar-refractivity contribution in [2.45, 2.75) is 32.0 Å². The van der Waals surface area contributed by atoms with Gasteiger partial charge in [-0.25, -0.2) is 4.79 Å². The van der Waals surface area contributed by atoms with Gasteiger partial charge in [0.15, 0.2) is 0 Å². The number of alkyl halides is 3. The zero-order valence-electron chi connectivity index (χ0n) is 12.7. The molecule has 0 aromatic carbocycles. The summed E-state index contributed by atoms with van der Waals surface area (Å²) < 4.78 is 37.3. The molecule has 2 aliphatic rings. The summed E-state index contributed by atoms with van der Waals surface area (Å²) in [6, 6.07) is -1.22. The molecule has 2 aliphatic heterocycles. The Morgan fingerprint density at radius 2 is 1.87 bits per heavy atom. The van der Waals surface area contributed by atoms with E-state index in [1.165, 1.54) is 11.0 Å². The maximum absolute atomic E-state index is 12.4. The number of carbonyl (C=O) groups excluding carboxylic acids is 3. The van der Waals surface area contributed by atoms with E-state index in [0.717, 1.165) is 0 Å². The van der Waals surface area contributed by atoms with E-state index in [1.54, 1.807) is 17.9 Å². The number of urea groups is 1. The van der Waals surface area contributed by atoms with Crippen LogP contribution >= 0.6 is 0 Å². The van der Waals surface area contributed by atoms with Gasteiger partial charge in [-0.2, -0.15) is 13.2 Å². The van der Waals surface area contributed by atoms with Gasteiger partial charge in [-0.05, 0) is 25.8 Å². The second kappa shape index (κ2) is 6.59. The number of piperidine rings is 1. The molecule has 0 N–H and O–H groups in total. The first-order chi connectivity index (χ1) is 10.7. The Balaban J connectivity index is 1.95. The molecule has 6 nitrogen and oxygen atoms in total. The summed E-state index contributed by atoms with van der Waals surface area (Å²) in [6.45, 7) is 0.659. The zero-order chi connectivity index (χ0) is 17.2. The Hall–Kier alpha value is -2.06. The molecule has 2 heterocycles. The first kappa shape index (κ1) is 17.3. The average molecular weight is 333 g/mol. The highest BCUT2D eigenvalue weighted by Gasteiger charge is 2.45. The van der Waals surface area contributed by atoms with Crippen LogP contribution in [0.2, 0.25) is 0 Å². The largest absolute Gasteiger partial charge is 0.406 e. The van der Waals surface area contributed by atoms with Crippen molar-refractivity contribution in [3.8, 4) is 0 Å². The molecule has 0 aliphatic carbocycles. The van der Waals surface area contributed by atoms with E-state index in [0.29, 0.717) is 25.9 Å². The first-order valence-electron chi connectivity index (χ1n) is 7.32. The maximum atomic E-state index is 12.4. The lowest BCUT2D eigenvalue weighted by Gasteiger charge is -2.35. The number of rotatable bonds is 3. The number of halogens is 3. The molecular weight excluding hydrogens is 315 g/mol.